The van der Waals surface area contributed by atoms with Crippen LogP contribution in [0.15, 0.2) is 0 Å². The van der Waals surface area contributed by atoms with Crippen molar-refractivity contribution < 1.29 is 14.3 Å². The Kier molecular flexibility index (Phi) is 6.99. The zero-order valence-electron chi connectivity index (χ0n) is 8.03. The van der Waals surface area contributed by atoms with Crippen molar-refractivity contribution >= 4 is 33.7 Å². The van der Waals surface area contributed by atoms with Gasteiger partial charge in [0.1, 0.15) is 0 Å². The van der Waals surface area contributed by atoms with Crippen LogP contribution in [0.25, 0.3) is 0 Å². The number of hydrogen-bond acceptors (Lipinski definition) is 5. The third kappa shape index (κ3) is 6.83. The average Bonchev–Trinajstić information content (AvgIpc) is 2.04. The molecule has 0 N–H and O–H groups in total. The first kappa shape index (κ1) is 12.7. The molecule has 0 amide bonds. The Morgan fingerprint density at radius 2 is 2.15 bits per heavy atom. The summed E-state index contributed by atoms with van der Waals surface area (Å²) in [6.45, 7) is 6.00. The lowest BCUT2D eigenvalue weighted by Gasteiger charge is -2.11. The summed E-state index contributed by atoms with van der Waals surface area (Å²) in [6.07, 6.45) is 0.915. The number of carbonyl (C=O) groups excluding carboxylic acids is 1. The summed E-state index contributed by atoms with van der Waals surface area (Å²) < 4.78 is 10.1. The highest BCUT2D eigenvalue weighted by atomic mass is 32.2. The minimum absolute atomic E-state index is 0.0504. The Hall–Kier alpha value is -0.290. The van der Waals surface area contributed by atoms with Crippen LogP contribution in [0.1, 0.15) is 27.2 Å². The maximum atomic E-state index is 10.9. The third-order valence-corrected chi connectivity index (χ3v) is 2.19. The van der Waals surface area contributed by atoms with Crippen LogP contribution in [-0.2, 0) is 9.47 Å². The largest absolute Gasteiger partial charge is 0.475 e. The van der Waals surface area contributed by atoms with Crippen LogP contribution in [0.5, 0.6) is 0 Å². The summed E-state index contributed by atoms with van der Waals surface area (Å²) >= 11 is 5.64. The molecule has 0 saturated carbocycles. The number of carbonyl (C=O) groups is 1. The molecule has 0 rings (SSSR count). The summed E-state index contributed by atoms with van der Waals surface area (Å²) in [4.78, 5) is 10.9. The summed E-state index contributed by atoms with van der Waals surface area (Å²) in [6, 6.07) is 0. The summed E-state index contributed by atoms with van der Waals surface area (Å²) in [5.74, 6) is 0. The minimum atomic E-state index is -0.407. The van der Waals surface area contributed by atoms with Crippen molar-refractivity contribution in [2.75, 3.05) is 6.61 Å². The van der Waals surface area contributed by atoms with E-state index in [0.29, 0.717) is 6.61 Å². The standard InChI is InChI=1S/C8H14O3S2/c1-4-6(3)11-8(12)13-7(9)10-5-2/h6H,4-5H2,1-3H3. The highest BCUT2D eigenvalue weighted by Gasteiger charge is 2.11. The Bertz CT molecular complexity index is 182. The van der Waals surface area contributed by atoms with E-state index in [1.54, 1.807) is 6.92 Å². The first-order valence-electron chi connectivity index (χ1n) is 4.15. The van der Waals surface area contributed by atoms with Crippen molar-refractivity contribution in [3.05, 3.63) is 0 Å². The highest BCUT2D eigenvalue weighted by molar-refractivity contribution is 8.32. The van der Waals surface area contributed by atoms with Crippen LogP contribution in [0.4, 0.5) is 4.79 Å². The molecule has 0 aromatic rings. The van der Waals surface area contributed by atoms with E-state index in [0.717, 1.165) is 18.2 Å². The molecule has 0 fully saturated rings. The fourth-order valence-electron chi connectivity index (χ4n) is 0.487. The van der Waals surface area contributed by atoms with E-state index in [1.165, 1.54) is 0 Å². The maximum Gasteiger partial charge on any atom is 0.375 e. The Labute approximate surface area is 88.2 Å². The fraction of sp³-hybridized carbons (Fsp3) is 0.750. The van der Waals surface area contributed by atoms with Crippen molar-refractivity contribution in [1.82, 2.24) is 0 Å². The molecule has 1 atom stereocenters. The van der Waals surface area contributed by atoms with Gasteiger partial charge in [0, 0.05) is 11.8 Å². The van der Waals surface area contributed by atoms with Gasteiger partial charge in [0.05, 0.1) is 12.7 Å². The van der Waals surface area contributed by atoms with E-state index in [1.807, 2.05) is 13.8 Å². The van der Waals surface area contributed by atoms with Crippen molar-refractivity contribution in [2.24, 2.45) is 0 Å². The second kappa shape index (κ2) is 7.15. The molecule has 0 bridgehead atoms. The molecule has 0 aromatic carbocycles. The zero-order chi connectivity index (χ0) is 10.3. The van der Waals surface area contributed by atoms with Crippen molar-refractivity contribution in [3.8, 4) is 0 Å². The van der Waals surface area contributed by atoms with E-state index >= 15 is 0 Å². The molecule has 3 nitrogen and oxygen atoms in total. The van der Waals surface area contributed by atoms with Gasteiger partial charge >= 0.3 is 5.30 Å². The van der Waals surface area contributed by atoms with Gasteiger partial charge in [-0.05, 0) is 32.5 Å². The van der Waals surface area contributed by atoms with E-state index in [9.17, 15) is 4.79 Å². The quantitative estimate of drug-likeness (QED) is 0.542. The van der Waals surface area contributed by atoms with E-state index in [4.69, 9.17) is 17.0 Å². The molecule has 0 spiro atoms. The smallest absolute Gasteiger partial charge is 0.375 e. The first-order valence-corrected chi connectivity index (χ1v) is 5.37. The highest BCUT2D eigenvalue weighted by Crippen LogP contribution is 2.12. The van der Waals surface area contributed by atoms with Gasteiger partial charge in [-0.1, -0.05) is 6.92 Å². The molecule has 0 aliphatic carbocycles. The SMILES string of the molecule is CCOC(=O)SC(=S)OC(C)CC. The lowest BCUT2D eigenvalue weighted by molar-refractivity contribution is 0.181. The van der Waals surface area contributed by atoms with Gasteiger partial charge in [-0.3, -0.25) is 0 Å². The number of thioether (sulfide) groups is 1. The number of ether oxygens (including phenoxy) is 2. The van der Waals surface area contributed by atoms with Crippen LogP contribution in [0, 0.1) is 0 Å². The number of thiocarbonyl (C=S) groups is 1. The van der Waals surface area contributed by atoms with Gasteiger partial charge in [0.25, 0.3) is 0 Å². The van der Waals surface area contributed by atoms with Gasteiger partial charge < -0.3 is 9.47 Å². The van der Waals surface area contributed by atoms with Crippen molar-refractivity contribution in [1.29, 1.82) is 0 Å². The second-order valence-electron chi connectivity index (χ2n) is 2.37. The summed E-state index contributed by atoms with van der Waals surface area (Å²) in [5, 5.41) is -0.407. The Morgan fingerprint density at radius 3 is 2.62 bits per heavy atom. The Morgan fingerprint density at radius 1 is 1.54 bits per heavy atom. The number of rotatable bonds is 3. The predicted molar refractivity (Wildman–Crippen MR) is 58.0 cm³/mol. The molecule has 5 heteroatoms. The molecule has 0 radical (unpaired) electrons. The first-order chi connectivity index (χ1) is 6.10. The van der Waals surface area contributed by atoms with Crippen molar-refractivity contribution in [2.45, 2.75) is 33.3 Å². The van der Waals surface area contributed by atoms with E-state index < -0.39 is 5.30 Å². The fourth-order valence-corrected chi connectivity index (χ4v) is 1.38. The molecule has 13 heavy (non-hydrogen) atoms. The molecule has 76 valence electrons. The minimum Gasteiger partial charge on any atom is -0.475 e. The molecule has 0 aromatic heterocycles. The number of hydrogen-bond donors (Lipinski definition) is 0. The van der Waals surface area contributed by atoms with Gasteiger partial charge in [-0.2, -0.15) is 0 Å². The molecule has 1 unspecified atom stereocenters. The molecule has 0 aliphatic rings. The van der Waals surface area contributed by atoms with E-state index in [-0.39, 0.29) is 10.5 Å². The average molecular weight is 222 g/mol. The molecular weight excluding hydrogens is 208 g/mol. The molecule has 0 heterocycles. The van der Waals surface area contributed by atoms with Crippen LogP contribution in [0.2, 0.25) is 0 Å². The van der Waals surface area contributed by atoms with Crippen LogP contribution >= 0.6 is 24.0 Å². The van der Waals surface area contributed by atoms with Crippen LogP contribution in [-0.4, -0.2) is 22.4 Å². The molecule has 0 aliphatic heterocycles. The van der Waals surface area contributed by atoms with Gasteiger partial charge in [-0.25, -0.2) is 4.79 Å². The monoisotopic (exact) mass is 222 g/mol. The topological polar surface area (TPSA) is 35.5 Å². The second-order valence-corrected chi connectivity index (χ2v) is 3.91. The van der Waals surface area contributed by atoms with Crippen LogP contribution < -0.4 is 0 Å². The third-order valence-electron chi connectivity index (χ3n) is 1.30. The van der Waals surface area contributed by atoms with Gasteiger partial charge in [-0.15, -0.1) is 0 Å². The van der Waals surface area contributed by atoms with Gasteiger partial charge in [0.15, 0.2) is 0 Å². The molecule has 0 saturated heterocycles. The summed E-state index contributed by atoms with van der Waals surface area (Å²) in [5.41, 5.74) is 0. The van der Waals surface area contributed by atoms with Crippen molar-refractivity contribution in [3.63, 3.8) is 0 Å². The predicted octanol–water partition coefficient (Wildman–Crippen LogP) is 2.98. The van der Waals surface area contributed by atoms with Crippen LogP contribution in [0.3, 0.4) is 0 Å². The van der Waals surface area contributed by atoms with E-state index in [2.05, 4.69) is 4.74 Å². The maximum absolute atomic E-state index is 10.9. The normalized spacial score (nSPS) is 11.9. The summed E-state index contributed by atoms with van der Waals surface area (Å²) in [7, 11) is 0. The molecular formula is C8H14O3S2. The Balaban J connectivity index is 3.67. The van der Waals surface area contributed by atoms with Gasteiger partial charge in [0.2, 0.25) is 4.38 Å². The lowest BCUT2D eigenvalue weighted by atomic mass is 10.3. The zero-order valence-corrected chi connectivity index (χ0v) is 9.67. The lowest BCUT2D eigenvalue weighted by Crippen LogP contribution is -2.11.